The fourth-order valence-electron chi connectivity index (χ4n) is 1.49. The van der Waals surface area contributed by atoms with Crippen LogP contribution in [0.4, 0.5) is 0 Å². The minimum absolute atomic E-state index is 1.06. The highest BCUT2D eigenvalue weighted by atomic mass is 13.9. The van der Waals surface area contributed by atoms with E-state index >= 15 is 0 Å². The molecule has 0 N–H and O–H groups in total. The third-order valence-corrected chi connectivity index (χ3v) is 2.48. The molecule has 0 bridgehead atoms. The third-order valence-electron chi connectivity index (χ3n) is 2.48. The van der Waals surface area contributed by atoms with E-state index in [1.807, 2.05) is 0 Å². The second-order valence-corrected chi connectivity index (χ2v) is 4.04. The summed E-state index contributed by atoms with van der Waals surface area (Å²) in [6.45, 7) is 5.91. The van der Waals surface area contributed by atoms with Gasteiger partial charge >= 0.3 is 0 Å². The van der Waals surface area contributed by atoms with Gasteiger partial charge < -0.3 is 0 Å². The van der Waals surface area contributed by atoms with E-state index in [4.69, 9.17) is 0 Å². The van der Waals surface area contributed by atoms with Crippen molar-refractivity contribution in [1.29, 1.82) is 0 Å². The fraction of sp³-hybridized carbons (Fsp3) is 0.562. The molecule has 0 saturated carbocycles. The Labute approximate surface area is 102 Å². The number of unbranched alkanes of at least 4 members (excludes halogenated alkanes) is 5. The molecule has 0 nitrogen and oxygen atoms in total. The van der Waals surface area contributed by atoms with Gasteiger partial charge in [0, 0.05) is 0 Å². The van der Waals surface area contributed by atoms with Crippen molar-refractivity contribution >= 4 is 0 Å². The summed E-state index contributed by atoms with van der Waals surface area (Å²) in [7, 11) is 0. The van der Waals surface area contributed by atoms with Gasteiger partial charge in [0.15, 0.2) is 0 Å². The highest BCUT2D eigenvalue weighted by Gasteiger charge is 1.85. The van der Waals surface area contributed by atoms with Gasteiger partial charge in [-0.25, -0.2) is 0 Å². The first-order chi connectivity index (χ1) is 7.91. The van der Waals surface area contributed by atoms with E-state index in [2.05, 4.69) is 50.3 Å². The molecule has 0 aliphatic rings. The molecule has 91 valence electrons. The lowest BCUT2D eigenvalue weighted by Gasteiger charge is -1.95. The van der Waals surface area contributed by atoms with Crippen LogP contribution in [0.3, 0.4) is 0 Å². The van der Waals surface area contributed by atoms with Crippen molar-refractivity contribution in [3.63, 3.8) is 0 Å². The average molecular weight is 219 g/mol. The monoisotopic (exact) mass is 219 g/mol. The lowest BCUT2D eigenvalue weighted by molar-refractivity contribution is 0.651. The minimum Gasteiger partial charge on any atom is -0.0914 e. The molecule has 16 heavy (non-hydrogen) atoms. The van der Waals surface area contributed by atoms with Gasteiger partial charge in [-0.2, -0.15) is 0 Å². The smallest absolute Gasteiger partial charge is 0.0169 e. The summed E-state index contributed by atoms with van der Waals surface area (Å²) < 4.78 is 0. The van der Waals surface area contributed by atoms with Gasteiger partial charge in [0.1, 0.15) is 0 Å². The normalized spacial score (nSPS) is 12.4. The Kier molecular flexibility index (Phi) is 13.5. The Balaban J connectivity index is 3.18. The van der Waals surface area contributed by atoms with Gasteiger partial charge in [-0.15, -0.1) is 0 Å². The summed E-state index contributed by atoms with van der Waals surface area (Å²) in [6, 6.07) is 0. The molecule has 0 atom stereocenters. The summed E-state index contributed by atoms with van der Waals surface area (Å²) in [4.78, 5) is 0. The molecule has 0 fully saturated rings. The fourth-order valence-corrected chi connectivity index (χ4v) is 1.49. The van der Waals surface area contributed by atoms with E-state index < -0.39 is 0 Å². The molecule has 0 spiro atoms. The van der Waals surface area contributed by atoms with Crippen molar-refractivity contribution in [2.75, 3.05) is 0 Å². The topological polar surface area (TPSA) is 0 Å². The molecule has 0 saturated heterocycles. The van der Waals surface area contributed by atoms with Crippen molar-refractivity contribution < 1.29 is 0 Å². The Morgan fingerprint density at radius 3 is 2.06 bits per heavy atom. The molecule has 0 rings (SSSR count). The molecule has 0 amide bonds. The predicted molar refractivity (Wildman–Crippen MR) is 75.4 cm³/mol. The summed E-state index contributed by atoms with van der Waals surface area (Å²) in [5, 5.41) is 0. The Hall–Kier alpha value is -0.780. The largest absolute Gasteiger partial charge is 0.0914 e. The Bertz CT molecular complexity index is 196. The first kappa shape index (κ1) is 15.2. The zero-order chi connectivity index (χ0) is 11.9. The van der Waals surface area contributed by atoms with Crippen LogP contribution in [0.2, 0.25) is 0 Å². The van der Waals surface area contributed by atoms with Crippen LogP contribution in [0.1, 0.15) is 58.3 Å². The summed E-state index contributed by atoms with van der Waals surface area (Å²) in [5.41, 5.74) is 0. The standard InChI is InChI=1S/C16H27/c1-3-5-7-9-11-13-15-16-14-12-10-8-6-4-2/h4,6,10,12,15-16H,1,3,5,7-9,11,13-14H2,2H3. The maximum absolute atomic E-state index is 3.85. The Morgan fingerprint density at radius 1 is 0.750 bits per heavy atom. The molecular formula is C16H27. The lowest BCUT2D eigenvalue weighted by atomic mass is 10.1. The van der Waals surface area contributed by atoms with Crippen LogP contribution in [-0.2, 0) is 0 Å². The van der Waals surface area contributed by atoms with E-state index in [0.29, 0.717) is 0 Å². The van der Waals surface area contributed by atoms with Crippen molar-refractivity contribution in [2.24, 2.45) is 0 Å². The number of hydrogen-bond acceptors (Lipinski definition) is 0. The van der Waals surface area contributed by atoms with E-state index in [1.54, 1.807) is 0 Å². The molecule has 0 heteroatoms. The average Bonchev–Trinajstić information content (AvgIpc) is 2.31. The molecular weight excluding hydrogens is 192 g/mol. The third kappa shape index (κ3) is 13.2. The molecule has 0 unspecified atom stereocenters. The summed E-state index contributed by atoms with van der Waals surface area (Å²) in [5.74, 6) is 0. The first-order valence-corrected chi connectivity index (χ1v) is 6.62. The second-order valence-electron chi connectivity index (χ2n) is 4.04. The van der Waals surface area contributed by atoms with E-state index in [-0.39, 0.29) is 0 Å². The van der Waals surface area contributed by atoms with Crippen LogP contribution < -0.4 is 0 Å². The van der Waals surface area contributed by atoms with Gasteiger partial charge in [-0.1, -0.05) is 69.1 Å². The zero-order valence-corrected chi connectivity index (χ0v) is 10.8. The SMILES string of the molecule is [CH2]CCCCCCC=CCC=CCC=CC. The van der Waals surface area contributed by atoms with Crippen LogP contribution in [0.5, 0.6) is 0 Å². The van der Waals surface area contributed by atoms with Crippen molar-refractivity contribution in [2.45, 2.75) is 58.3 Å². The number of hydrogen-bond donors (Lipinski definition) is 0. The van der Waals surface area contributed by atoms with Crippen LogP contribution in [-0.4, -0.2) is 0 Å². The van der Waals surface area contributed by atoms with Crippen molar-refractivity contribution in [1.82, 2.24) is 0 Å². The van der Waals surface area contributed by atoms with Gasteiger partial charge in [0.25, 0.3) is 0 Å². The molecule has 0 aromatic rings. The van der Waals surface area contributed by atoms with Gasteiger partial charge in [0.05, 0.1) is 0 Å². The minimum atomic E-state index is 1.06. The predicted octanol–water partition coefficient (Wildman–Crippen LogP) is 5.63. The van der Waals surface area contributed by atoms with Crippen molar-refractivity contribution in [3.05, 3.63) is 43.4 Å². The molecule has 0 aliphatic carbocycles. The van der Waals surface area contributed by atoms with Crippen molar-refractivity contribution in [3.8, 4) is 0 Å². The zero-order valence-electron chi connectivity index (χ0n) is 10.8. The highest BCUT2D eigenvalue weighted by Crippen LogP contribution is 2.05. The van der Waals surface area contributed by atoms with Gasteiger partial charge in [0.2, 0.25) is 0 Å². The maximum Gasteiger partial charge on any atom is -0.0169 e. The van der Waals surface area contributed by atoms with Gasteiger partial charge in [-0.05, 0) is 32.6 Å². The molecule has 0 aromatic carbocycles. The second kappa shape index (κ2) is 14.2. The van der Waals surface area contributed by atoms with Crippen LogP contribution in [0.25, 0.3) is 0 Å². The first-order valence-electron chi connectivity index (χ1n) is 6.62. The summed E-state index contributed by atoms with van der Waals surface area (Å²) >= 11 is 0. The van der Waals surface area contributed by atoms with E-state index in [1.165, 1.54) is 32.1 Å². The lowest BCUT2D eigenvalue weighted by Crippen LogP contribution is -1.75. The molecule has 1 radical (unpaired) electrons. The summed E-state index contributed by atoms with van der Waals surface area (Å²) in [6.07, 6.45) is 23.1. The maximum atomic E-state index is 3.85. The van der Waals surface area contributed by atoms with Crippen LogP contribution in [0, 0.1) is 6.92 Å². The van der Waals surface area contributed by atoms with Gasteiger partial charge in [-0.3, -0.25) is 0 Å². The number of rotatable bonds is 10. The quantitative estimate of drug-likeness (QED) is 0.330. The van der Waals surface area contributed by atoms with E-state index in [9.17, 15) is 0 Å². The number of allylic oxidation sites excluding steroid dienone is 6. The Morgan fingerprint density at radius 2 is 1.38 bits per heavy atom. The van der Waals surface area contributed by atoms with Crippen LogP contribution in [0.15, 0.2) is 36.5 Å². The molecule has 0 aliphatic heterocycles. The van der Waals surface area contributed by atoms with Crippen LogP contribution >= 0.6 is 0 Å². The molecule has 0 heterocycles. The molecule has 0 aromatic heterocycles. The van der Waals surface area contributed by atoms with E-state index in [0.717, 1.165) is 19.3 Å². The highest BCUT2D eigenvalue weighted by molar-refractivity contribution is 4.96.